The third-order valence-electron chi connectivity index (χ3n) is 3.35. The summed E-state index contributed by atoms with van der Waals surface area (Å²) in [6.45, 7) is 2.20. The van der Waals surface area contributed by atoms with Gasteiger partial charge in [-0.05, 0) is 40.9 Å². The van der Waals surface area contributed by atoms with Gasteiger partial charge in [0.15, 0.2) is 0 Å². The molecule has 0 radical (unpaired) electrons. The van der Waals surface area contributed by atoms with Crippen molar-refractivity contribution in [2.24, 2.45) is 0 Å². The summed E-state index contributed by atoms with van der Waals surface area (Å²) in [5.41, 5.74) is 2.60. The Balaban J connectivity index is 1.95. The molecule has 102 valence electrons. The molecule has 0 spiro atoms. The lowest BCUT2D eigenvalue weighted by Crippen LogP contribution is -2.10. The van der Waals surface area contributed by atoms with E-state index in [4.69, 9.17) is 0 Å². The van der Waals surface area contributed by atoms with Crippen LogP contribution in [0.3, 0.4) is 0 Å². The molecule has 1 N–H and O–H groups in total. The zero-order valence-corrected chi connectivity index (χ0v) is 13.0. The van der Waals surface area contributed by atoms with E-state index in [9.17, 15) is 0 Å². The largest absolute Gasteiger partial charge is 0.373 e. The van der Waals surface area contributed by atoms with Gasteiger partial charge in [0.05, 0.1) is 6.04 Å². The van der Waals surface area contributed by atoms with Crippen LogP contribution in [-0.4, -0.2) is 0 Å². The second kappa shape index (κ2) is 6.25. The summed E-state index contributed by atoms with van der Waals surface area (Å²) < 4.78 is 0. The highest BCUT2D eigenvalue weighted by atomic mass is 32.1. The molecule has 0 aliphatic heterocycles. The Hall–Kier alpha value is -1.58. The van der Waals surface area contributed by atoms with Gasteiger partial charge >= 0.3 is 0 Å². The van der Waals surface area contributed by atoms with Gasteiger partial charge in [-0.15, -0.1) is 22.7 Å². The van der Waals surface area contributed by atoms with Crippen LogP contribution in [-0.2, 0) is 6.42 Å². The molecule has 0 fully saturated rings. The molecule has 0 bridgehead atoms. The van der Waals surface area contributed by atoms with E-state index < -0.39 is 0 Å². The van der Waals surface area contributed by atoms with Crippen molar-refractivity contribution in [3.05, 3.63) is 74.6 Å². The molecular weight excluding hydrogens is 282 g/mol. The van der Waals surface area contributed by atoms with Gasteiger partial charge in [-0.1, -0.05) is 37.3 Å². The Morgan fingerprint density at radius 3 is 2.10 bits per heavy atom. The van der Waals surface area contributed by atoms with Crippen molar-refractivity contribution in [1.82, 2.24) is 0 Å². The van der Waals surface area contributed by atoms with Gasteiger partial charge in [-0.25, -0.2) is 0 Å². The maximum Gasteiger partial charge on any atom is 0.0953 e. The highest BCUT2D eigenvalue weighted by molar-refractivity contribution is 7.11. The smallest absolute Gasteiger partial charge is 0.0953 e. The van der Waals surface area contributed by atoms with Crippen LogP contribution in [0.2, 0.25) is 0 Å². The molecule has 0 unspecified atom stereocenters. The molecule has 0 saturated heterocycles. The van der Waals surface area contributed by atoms with E-state index in [1.807, 2.05) is 0 Å². The summed E-state index contributed by atoms with van der Waals surface area (Å²) in [6, 6.07) is 17.5. The van der Waals surface area contributed by atoms with E-state index in [0.29, 0.717) is 0 Å². The van der Waals surface area contributed by atoms with Crippen molar-refractivity contribution in [2.75, 3.05) is 5.32 Å². The van der Waals surface area contributed by atoms with E-state index in [1.54, 1.807) is 22.7 Å². The summed E-state index contributed by atoms with van der Waals surface area (Å²) in [5, 5.41) is 8.01. The Morgan fingerprint density at radius 1 is 0.900 bits per heavy atom. The molecule has 1 nitrogen and oxygen atoms in total. The Kier molecular flexibility index (Phi) is 4.19. The fraction of sp³-hybridized carbons (Fsp3) is 0.176. The van der Waals surface area contributed by atoms with Crippen LogP contribution < -0.4 is 5.32 Å². The number of thiophene rings is 2. The third kappa shape index (κ3) is 2.79. The molecule has 3 heteroatoms. The van der Waals surface area contributed by atoms with Crippen molar-refractivity contribution in [3.63, 3.8) is 0 Å². The van der Waals surface area contributed by atoms with Crippen LogP contribution in [0.1, 0.15) is 28.3 Å². The molecule has 1 aromatic carbocycles. The SMILES string of the molecule is CCc1ccccc1NC(c1cccs1)c1cccs1. The summed E-state index contributed by atoms with van der Waals surface area (Å²) in [4.78, 5) is 2.72. The zero-order chi connectivity index (χ0) is 13.8. The monoisotopic (exact) mass is 299 g/mol. The van der Waals surface area contributed by atoms with Crippen LogP contribution in [0.4, 0.5) is 5.69 Å². The van der Waals surface area contributed by atoms with Crippen molar-refractivity contribution in [2.45, 2.75) is 19.4 Å². The second-order valence-corrected chi connectivity index (χ2v) is 6.58. The van der Waals surface area contributed by atoms with Gasteiger partial charge < -0.3 is 5.32 Å². The highest BCUT2D eigenvalue weighted by Crippen LogP contribution is 2.33. The first-order valence-electron chi connectivity index (χ1n) is 6.79. The normalized spacial score (nSPS) is 10.9. The number of anilines is 1. The predicted octanol–water partition coefficient (Wildman–Crippen LogP) is 5.57. The predicted molar refractivity (Wildman–Crippen MR) is 89.9 cm³/mol. The Bertz CT molecular complexity index is 607. The Morgan fingerprint density at radius 2 is 1.55 bits per heavy atom. The summed E-state index contributed by atoms with van der Waals surface area (Å²) in [5.74, 6) is 0. The number of aryl methyl sites for hydroxylation is 1. The lowest BCUT2D eigenvalue weighted by atomic mass is 10.1. The fourth-order valence-electron chi connectivity index (χ4n) is 2.32. The van der Waals surface area contributed by atoms with E-state index in [1.165, 1.54) is 21.0 Å². The maximum atomic E-state index is 3.72. The van der Waals surface area contributed by atoms with E-state index in [2.05, 4.69) is 71.5 Å². The molecule has 0 aliphatic carbocycles. The van der Waals surface area contributed by atoms with E-state index in [-0.39, 0.29) is 6.04 Å². The van der Waals surface area contributed by atoms with Crippen LogP contribution in [0, 0.1) is 0 Å². The van der Waals surface area contributed by atoms with Gasteiger partial charge in [0.2, 0.25) is 0 Å². The molecule has 0 saturated carbocycles. The molecule has 2 aromatic heterocycles. The van der Waals surface area contributed by atoms with Gasteiger partial charge in [0.1, 0.15) is 0 Å². The standard InChI is InChI=1S/C17H17NS2/c1-2-13-7-3-4-8-14(13)18-17(15-9-5-11-19-15)16-10-6-12-20-16/h3-12,17-18H,2H2,1H3. The van der Waals surface area contributed by atoms with Gasteiger partial charge in [0.25, 0.3) is 0 Å². The highest BCUT2D eigenvalue weighted by Gasteiger charge is 2.16. The molecule has 3 aromatic rings. The van der Waals surface area contributed by atoms with Crippen LogP contribution in [0.25, 0.3) is 0 Å². The number of benzene rings is 1. The molecule has 3 rings (SSSR count). The van der Waals surface area contributed by atoms with Crippen LogP contribution >= 0.6 is 22.7 Å². The summed E-state index contributed by atoms with van der Waals surface area (Å²) in [6.07, 6.45) is 1.05. The first kappa shape index (κ1) is 13.4. The van der Waals surface area contributed by atoms with E-state index >= 15 is 0 Å². The third-order valence-corrected chi connectivity index (χ3v) is 5.23. The average molecular weight is 299 g/mol. The maximum absolute atomic E-state index is 3.72. The second-order valence-electron chi connectivity index (χ2n) is 4.62. The van der Waals surface area contributed by atoms with Crippen LogP contribution in [0.15, 0.2) is 59.3 Å². The molecule has 0 aliphatic rings. The number of para-hydroxylation sites is 1. The first-order chi connectivity index (χ1) is 9.88. The zero-order valence-electron chi connectivity index (χ0n) is 11.4. The van der Waals surface area contributed by atoms with Crippen molar-refractivity contribution < 1.29 is 0 Å². The molecule has 0 amide bonds. The van der Waals surface area contributed by atoms with E-state index in [0.717, 1.165) is 6.42 Å². The first-order valence-corrected chi connectivity index (χ1v) is 8.55. The van der Waals surface area contributed by atoms with Crippen molar-refractivity contribution in [3.8, 4) is 0 Å². The van der Waals surface area contributed by atoms with Gasteiger partial charge in [-0.3, -0.25) is 0 Å². The van der Waals surface area contributed by atoms with Crippen molar-refractivity contribution >= 4 is 28.4 Å². The summed E-state index contributed by atoms with van der Waals surface area (Å²) in [7, 11) is 0. The lowest BCUT2D eigenvalue weighted by molar-refractivity contribution is 0.980. The Labute approximate surface area is 127 Å². The average Bonchev–Trinajstić information content (AvgIpc) is 3.18. The summed E-state index contributed by atoms with van der Waals surface area (Å²) >= 11 is 3.61. The fourth-order valence-corrected chi connectivity index (χ4v) is 3.98. The number of rotatable bonds is 5. The molecule has 20 heavy (non-hydrogen) atoms. The van der Waals surface area contributed by atoms with Crippen molar-refractivity contribution in [1.29, 1.82) is 0 Å². The number of nitrogens with one attached hydrogen (secondary N) is 1. The van der Waals surface area contributed by atoms with Gasteiger partial charge in [0, 0.05) is 15.4 Å². The molecule has 2 heterocycles. The minimum absolute atomic E-state index is 0.252. The van der Waals surface area contributed by atoms with Gasteiger partial charge in [-0.2, -0.15) is 0 Å². The minimum atomic E-state index is 0.252. The quantitative estimate of drug-likeness (QED) is 0.649. The number of hydrogen-bond donors (Lipinski definition) is 1. The topological polar surface area (TPSA) is 12.0 Å². The number of hydrogen-bond acceptors (Lipinski definition) is 3. The molecule has 0 atom stereocenters. The van der Waals surface area contributed by atoms with Crippen LogP contribution in [0.5, 0.6) is 0 Å². The molecular formula is C17H17NS2. The minimum Gasteiger partial charge on any atom is -0.373 e. The lowest BCUT2D eigenvalue weighted by Gasteiger charge is -2.19.